The van der Waals surface area contributed by atoms with Crippen molar-refractivity contribution in [2.45, 2.75) is 42.7 Å². The average molecular weight is 314 g/mol. The molecule has 3 N–H and O–H groups in total. The van der Waals surface area contributed by atoms with Crippen molar-refractivity contribution < 1.29 is 8.42 Å². The predicted octanol–water partition coefficient (Wildman–Crippen LogP) is 2.36. The minimum absolute atomic E-state index is 0.000492. The molecule has 0 bridgehead atoms. The number of thioether (sulfide) groups is 1. The second kappa shape index (κ2) is 6.83. The van der Waals surface area contributed by atoms with E-state index in [4.69, 9.17) is 5.73 Å². The monoisotopic (exact) mass is 314 g/mol. The fourth-order valence-corrected chi connectivity index (χ4v) is 4.80. The Morgan fingerprint density at radius 1 is 1.30 bits per heavy atom. The molecule has 0 radical (unpaired) electrons. The molecule has 1 aromatic carbocycles. The molecule has 0 spiro atoms. The lowest BCUT2D eigenvalue weighted by Gasteiger charge is -2.27. The average Bonchev–Trinajstić information content (AvgIpc) is 2.38. The molecule has 0 amide bonds. The Morgan fingerprint density at radius 2 is 2.00 bits per heavy atom. The molecule has 0 unspecified atom stereocenters. The number of nitrogens with one attached hydrogen (secondary N) is 1. The molecule has 112 valence electrons. The van der Waals surface area contributed by atoms with E-state index in [9.17, 15) is 8.42 Å². The quantitative estimate of drug-likeness (QED) is 0.818. The smallest absolute Gasteiger partial charge is 0.216 e. The topological polar surface area (TPSA) is 72.2 Å². The Balaban J connectivity index is 1.91. The van der Waals surface area contributed by atoms with Crippen molar-refractivity contribution in [3.8, 4) is 0 Å². The Labute approximate surface area is 125 Å². The van der Waals surface area contributed by atoms with E-state index in [0.717, 1.165) is 31.2 Å². The molecule has 0 aliphatic heterocycles. The van der Waals surface area contributed by atoms with E-state index in [-0.39, 0.29) is 11.8 Å². The third kappa shape index (κ3) is 4.68. The van der Waals surface area contributed by atoms with E-state index < -0.39 is 10.0 Å². The normalized spacial score (nSPS) is 23.6. The van der Waals surface area contributed by atoms with Gasteiger partial charge in [0.1, 0.15) is 0 Å². The zero-order valence-electron chi connectivity index (χ0n) is 11.7. The van der Waals surface area contributed by atoms with E-state index in [1.54, 1.807) is 24.3 Å². The summed E-state index contributed by atoms with van der Waals surface area (Å²) in [6.07, 6.45) is 6.16. The maximum Gasteiger partial charge on any atom is 0.216 e. The van der Waals surface area contributed by atoms with Gasteiger partial charge in [0.15, 0.2) is 0 Å². The van der Waals surface area contributed by atoms with Crippen LogP contribution in [0.15, 0.2) is 24.3 Å². The van der Waals surface area contributed by atoms with Crippen LogP contribution in [0, 0.1) is 0 Å². The van der Waals surface area contributed by atoms with Gasteiger partial charge < -0.3 is 5.73 Å². The van der Waals surface area contributed by atoms with E-state index in [2.05, 4.69) is 11.0 Å². The number of hydrogen-bond donors (Lipinski definition) is 2. The molecular weight excluding hydrogens is 292 g/mol. The highest BCUT2D eigenvalue weighted by Crippen LogP contribution is 2.27. The first-order valence-electron chi connectivity index (χ1n) is 6.86. The number of nitrogen functional groups attached to an aromatic ring is 1. The van der Waals surface area contributed by atoms with Gasteiger partial charge in [0.25, 0.3) is 0 Å². The van der Waals surface area contributed by atoms with Gasteiger partial charge in [-0.05, 0) is 49.6 Å². The van der Waals surface area contributed by atoms with Gasteiger partial charge in [0.05, 0.1) is 5.75 Å². The number of benzene rings is 1. The van der Waals surface area contributed by atoms with Crippen LogP contribution in [-0.2, 0) is 15.8 Å². The van der Waals surface area contributed by atoms with Crippen molar-refractivity contribution in [3.63, 3.8) is 0 Å². The number of nitrogens with two attached hydrogens (primary N) is 1. The Kier molecular flexibility index (Phi) is 5.35. The van der Waals surface area contributed by atoms with Crippen molar-refractivity contribution in [3.05, 3.63) is 29.8 Å². The fourth-order valence-electron chi connectivity index (χ4n) is 2.61. The largest absolute Gasteiger partial charge is 0.399 e. The fraction of sp³-hybridized carbons (Fsp3) is 0.571. The summed E-state index contributed by atoms with van der Waals surface area (Å²) in [4.78, 5) is 0. The van der Waals surface area contributed by atoms with Gasteiger partial charge in [-0.1, -0.05) is 12.1 Å². The first-order chi connectivity index (χ1) is 9.48. The van der Waals surface area contributed by atoms with Crippen molar-refractivity contribution in [1.29, 1.82) is 0 Å². The SMILES string of the molecule is CSC1CCC(NS(=O)(=O)Cc2cccc(N)c2)CC1. The molecule has 2 rings (SSSR count). The van der Waals surface area contributed by atoms with Gasteiger partial charge in [-0.3, -0.25) is 0 Å². The molecule has 1 aliphatic carbocycles. The molecule has 6 heteroatoms. The van der Waals surface area contributed by atoms with Crippen LogP contribution in [0.2, 0.25) is 0 Å². The van der Waals surface area contributed by atoms with Gasteiger partial charge in [0, 0.05) is 17.0 Å². The summed E-state index contributed by atoms with van der Waals surface area (Å²) in [6, 6.07) is 7.13. The molecule has 4 nitrogen and oxygen atoms in total. The van der Waals surface area contributed by atoms with Crippen molar-refractivity contribution >= 4 is 27.5 Å². The number of anilines is 1. The van der Waals surface area contributed by atoms with Crippen LogP contribution in [0.1, 0.15) is 31.2 Å². The second-order valence-electron chi connectivity index (χ2n) is 5.33. The molecule has 0 aromatic heterocycles. The minimum Gasteiger partial charge on any atom is -0.399 e. The molecule has 0 heterocycles. The van der Waals surface area contributed by atoms with Crippen LogP contribution < -0.4 is 10.5 Å². The van der Waals surface area contributed by atoms with Crippen LogP contribution >= 0.6 is 11.8 Å². The molecule has 1 aliphatic rings. The van der Waals surface area contributed by atoms with Crippen molar-refractivity contribution in [2.24, 2.45) is 0 Å². The molecule has 0 saturated heterocycles. The molecule has 1 saturated carbocycles. The first-order valence-corrected chi connectivity index (χ1v) is 9.80. The predicted molar refractivity (Wildman–Crippen MR) is 86.2 cm³/mol. The summed E-state index contributed by atoms with van der Waals surface area (Å²) >= 11 is 1.88. The molecule has 0 atom stereocenters. The second-order valence-corrected chi connectivity index (χ2v) is 8.22. The van der Waals surface area contributed by atoms with E-state index in [1.165, 1.54) is 0 Å². The summed E-state index contributed by atoms with van der Waals surface area (Å²) in [5, 5.41) is 0.685. The summed E-state index contributed by atoms with van der Waals surface area (Å²) in [5.41, 5.74) is 7.00. The van der Waals surface area contributed by atoms with Gasteiger partial charge in [-0.15, -0.1) is 0 Å². The Bertz CT molecular complexity index is 538. The van der Waals surface area contributed by atoms with Crippen LogP contribution in [0.4, 0.5) is 5.69 Å². The number of hydrogen-bond acceptors (Lipinski definition) is 4. The van der Waals surface area contributed by atoms with Gasteiger partial charge in [-0.25, -0.2) is 13.1 Å². The van der Waals surface area contributed by atoms with Crippen LogP contribution in [-0.4, -0.2) is 26.0 Å². The van der Waals surface area contributed by atoms with Gasteiger partial charge >= 0.3 is 0 Å². The van der Waals surface area contributed by atoms with Crippen LogP contribution in [0.5, 0.6) is 0 Å². The summed E-state index contributed by atoms with van der Waals surface area (Å²) in [7, 11) is -3.29. The lowest BCUT2D eigenvalue weighted by Crippen LogP contribution is -2.38. The third-order valence-electron chi connectivity index (χ3n) is 3.66. The molecule has 1 fully saturated rings. The zero-order chi connectivity index (χ0) is 14.6. The standard InChI is InChI=1S/C14H22N2O2S2/c1-19-14-7-5-13(6-8-14)16-20(17,18)10-11-3-2-4-12(15)9-11/h2-4,9,13-14,16H,5-8,10,15H2,1H3. The lowest BCUT2D eigenvalue weighted by molar-refractivity contribution is 0.420. The maximum atomic E-state index is 12.2. The van der Waals surface area contributed by atoms with Crippen molar-refractivity contribution in [1.82, 2.24) is 4.72 Å². The molecule has 20 heavy (non-hydrogen) atoms. The summed E-state index contributed by atoms with van der Waals surface area (Å²) in [5.74, 6) is 0.000492. The maximum absolute atomic E-state index is 12.2. The van der Waals surface area contributed by atoms with Crippen LogP contribution in [0.25, 0.3) is 0 Å². The summed E-state index contributed by atoms with van der Waals surface area (Å²) in [6.45, 7) is 0. The van der Waals surface area contributed by atoms with Gasteiger partial charge in [0.2, 0.25) is 10.0 Å². The van der Waals surface area contributed by atoms with Crippen molar-refractivity contribution in [2.75, 3.05) is 12.0 Å². The molecule has 1 aromatic rings. The van der Waals surface area contributed by atoms with E-state index in [1.807, 2.05) is 11.8 Å². The minimum atomic E-state index is -3.29. The number of sulfonamides is 1. The molecular formula is C14H22N2O2S2. The highest BCUT2D eigenvalue weighted by Gasteiger charge is 2.24. The highest BCUT2D eigenvalue weighted by molar-refractivity contribution is 7.99. The third-order valence-corrected chi connectivity index (χ3v) is 6.21. The Hall–Kier alpha value is -0.720. The zero-order valence-corrected chi connectivity index (χ0v) is 13.3. The first kappa shape index (κ1) is 15.7. The Morgan fingerprint density at radius 3 is 2.60 bits per heavy atom. The van der Waals surface area contributed by atoms with Gasteiger partial charge in [-0.2, -0.15) is 11.8 Å². The number of rotatable bonds is 5. The lowest BCUT2D eigenvalue weighted by atomic mass is 9.96. The van der Waals surface area contributed by atoms with Crippen LogP contribution in [0.3, 0.4) is 0 Å². The van der Waals surface area contributed by atoms with E-state index >= 15 is 0 Å². The van der Waals surface area contributed by atoms with E-state index in [0.29, 0.717) is 10.9 Å². The summed E-state index contributed by atoms with van der Waals surface area (Å²) < 4.78 is 27.2. The highest BCUT2D eigenvalue weighted by atomic mass is 32.2.